The Labute approximate surface area is 72.1 Å². The van der Waals surface area contributed by atoms with Crippen molar-refractivity contribution in [3.8, 4) is 0 Å². The first kappa shape index (κ1) is 9.33. The zero-order valence-electron chi connectivity index (χ0n) is 7.03. The maximum absolute atomic E-state index is 11.7. The molecule has 11 heavy (non-hydrogen) atoms. The first-order chi connectivity index (χ1) is 5.27. The summed E-state index contributed by atoms with van der Waals surface area (Å²) in [6, 6.07) is 0. The van der Waals surface area contributed by atoms with Crippen LogP contribution in [-0.2, 0) is 0 Å². The van der Waals surface area contributed by atoms with E-state index in [2.05, 4.69) is 12.2 Å². The summed E-state index contributed by atoms with van der Waals surface area (Å²) in [4.78, 5) is 0. The summed E-state index contributed by atoms with van der Waals surface area (Å²) in [6.45, 7) is 3.48. The topological polar surface area (TPSA) is 12.0 Å². The lowest BCUT2D eigenvalue weighted by atomic mass is 10.1. The summed E-state index contributed by atoms with van der Waals surface area (Å²) >= 11 is 2.01. The van der Waals surface area contributed by atoms with Crippen molar-refractivity contribution in [1.82, 2.24) is 5.32 Å². The van der Waals surface area contributed by atoms with Crippen LogP contribution in [0.25, 0.3) is 0 Å². The molecule has 0 saturated carbocycles. The molecule has 1 fully saturated rings. The van der Waals surface area contributed by atoms with Gasteiger partial charge in [-0.15, -0.1) is 0 Å². The lowest BCUT2D eigenvalue weighted by Crippen LogP contribution is -2.33. The van der Waals surface area contributed by atoms with Gasteiger partial charge in [0.15, 0.2) is 0 Å². The lowest BCUT2D eigenvalue weighted by Gasteiger charge is -2.22. The highest BCUT2D eigenvalue weighted by molar-refractivity contribution is 8.00. The van der Waals surface area contributed by atoms with Crippen LogP contribution in [0.15, 0.2) is 0 Å². The summed E-state index contributed by atoms with van der Waals surface area (Å²) < 4.78 is 12.1. The zero-order chi connectivity index (χ0) is 8.16. The Morgan fingerprint density at radius 2 is 2.45 bits per heavy atom. The number of alkyl halides is 1. The Kier molecular flexibility index (Phi) is 3.66. The molecular weight excluding hydrogens is 161 g/mol. The fourth-order valence-electron chi connectivity index (χ4n) is 1.40. The molecular formula is C8H16FNS. The van der Waals surface area contributed by atoms with Crippen LogP contribution in [0.2, 0.25) is 0 Å². The van der Waals surface area contributed by atoms with E-state index < -0.39 is 0 Å². The van der Waals surface area contributed by atoms with E-state index in [1.54, 1.807) is 0 Å². The van der Waals surface area contributed by atoms with Crippen LogP contribution in [0.3, 0.4) is 0 Å². The fourth-order valence-corrected chi connectivity index (χ4v) is 2.67. The number of rotatable bonds is 4. The molecule has 1 nitrogen and oxygen atoms in total. The molecule has 1 rings (SSSR count). The molecule has 0 radical (unpaired) electrons. The highest BCUT2D eigenvalue weighted by atomic mass is 32.2. The normalized spacial score (nSPS) is 31.1. The molecule has 1 aliphatic heterocycles. The minimum atomic E-state index is -0.249. The Hall–Kier alpha value is 0.240. The van der Waals surface area contributed by atoms with Gasteiger partial charge in [-0.1, -0.05) is 0 Å². The number of thioether (sulfide) groups is 1. The van der Waals surface area contributed by atoms with Gasteiger partial charge in [0.25, 0.3) is 0 Å². The Balaban J connectivity index is 2.13. The van der Waals surface area contributed by atoms with Crippen LogP contribution in [0.1, 0.15) is 19.8 Å². The number of halogens is 1. The second-order valence-electron chi connectivity index (χ2n) is 3.27. The molecule has 1 heterocycles. The van der Waals surface area contributed by atoms with E-state index in [4.69, 9.17) is 0 Å². The van der Waals surface area contributed by atoms with Crippen molar-refractivity contribution in [1.29, 1.82) is 0 Å². The van der Waals surface area contributed by atoms with Crippen molar-refractivity contribution in [3.05, 3.63) is 0 Å². The SMILES string of the molecule is CC1(CNCCF)CCCS1. The van der Waals surface area contributed by atoms with Crippen molar-refractivity contribution in [2.24, 2.45) is 0 Å². The van der Waals surface area contributed by atoms with Crippen LogP contribution >= 0.6 is 11.8 Å². The van der Waals surface area contributed by atoms with Crippen LogP contribution in [0, 0.1) is 0 Å². The second kappa shape index (κ2) is 4.31. The van der Waals surface area contributed by atoms with Crippen molar-refractivity contribution in [3.63, 3.8) is 0 Å². The van der Waals surface area contributed by atoms with Gasteiger partial charge in [0.1, 0.15) is 6.67 Å². The first-order valence-corrected chi connectivity index (χ1v) is 5.16. The van der Waals surface area contributed by atoms with Crippen LogP contribution in [0.4, 0.5) is 4.39 Å². The zero-order valence-corrected chi connectivity index (χ0v) is 7.85. The summed E-state index contributed by atoms with van der Waals surface area (Å²) in [5.74, 6) is 1.27. The van der Waals surface area contributed by atoms with Gasteiger partial charge in [-0.05, 0) is 25.5 Å². The van der Waals surface area contributed by atoms with Gasteiger partial charge in [-0.3, -0.25) is 0 Å². The van der Waals surface area contributed by atoms with Crippen molar-refractivity contribution in [2.75, 3.05) is 25.5 Å². The summed E-state index contributed by atoms with van der Waals surface area (Å²) in [6.07, 6.45) is 2.59. The molecule has 0 spiro atoms. The highest BCUT2D eigenvalue weighted by Gasteiger charge is 2.28. The van der Waals surface area contributed by atoms with E-state index in [0.29, 0.717) is 11.3 Å². The number of hydrogen-bond acceptors (Lipinski definition) is 2. The standard InChI is InChI=1S/C8H16FNS/c1-8(3-2-6-11-8)7-10-5-4-9/h10H,2-7H2,1H3. The highest BCUT2D eigenvalue weighted by Crippen LogP contribution is 2.36. The van der Waals surface area contributed by atoms with Gasteiger partial charge >= 0.3 is 0 Å². The fraction of sp³-hybridized carbons (Fsp3) is 1.00. The molecule has 1 aliphatic rings. The van der Waals surface area contributed by atoms with Crippen LogP contribution in [-0.4, -0.2) is 30.3 Å². The quantitative estimate of drug-likeness (QED) is 0.657. The maximum Gasteiger partial charge on any atom is 0.102 e. The molecule has 1 N–H and O–H groups in total. The largest absolute Gasteiger partial charge is 0.313 e. The molecule has 0 aromatic heterocycles. The van der Waals surface area contributed by atoms with Crippen molar-refractivity contribution < 1.29 is 4.39 Å². The van der Waals surface area contributed by atoms with Gasteiger partial charge < -0.3 is 5.32 Å². The van der Waals surface area contributed by atoms with Crippen LogP contribution < -0.4 is 5.32 Å². The van der Waals surface area contributed by atoms with E-state index in [0.717, 1.165) is 6.54 Å². The maximum atomic E-state index is 11.7. The van der Waals surface area contributed by atoms with Crippen LogP contribution in [0.5, 0.6) is 0 Å². The Morgan fingerprint density at radius 3 is 3.00 bits per heavy atom. The monoisotopic (exact) mass is 177 g/mol. The smallest absolute Gasteiger partial charge is 0.102 e. The summed E-state index contributed by atoms with van der Waals surface area (Å²) in [5.41, 5.74) is 0. The minimum Gasteiger partial charge on any atom is -0.313 e. The van der Waals surface area contributed by atoms with Gasteiger partial charge in [0.2, 0.25) is 0 Å². The van der Waals surface area contributed by atoms with E-state index >= 15 is 0 Å². The summed E-state index contributed by atoms with van der Waals surface area (Å²) in [5, 5.41) is 3.12. The number of nitrogens with one attached hydrogen (secondary N) is 1. The summed E-state index contributed by atoms with van der Waals surface area (Å²) in [7, 11) is 0. The van der Waals surface area contributed by atoms with E-state index in [-0.39, 0.29) is 6.67 Å². The van der Waals surface area contributed by atoms with Gasteiger partial charge in [0, 0.05) is 17.8 Å². The molecule has 1 saturated heterocycles. The molecule has 0 bridgehead atoms. The first-order valence-electron chi connectivity index (χ1n) is 4.17. The molecule has 0 aromatic carbocycles. The van der Waals surface area contributed by atoms with Gasteiger partial charge in [0.05, 0.1) is 0 Å². The molecule has 0 aliphatic carbocycles. The number of hydrogen-bond donors (Lipinski definition) is 1. The molecule has 0 aromatic rings. The van der Waals surface area contributed by atoms with Gasteiger partial charge in [-0.25, -0.2) is 4.39 Å². The van der Waals surface area contributed by atoms with Crippen molar-refractivity contribution in [2.45, 2.75) is 24.5 Å². The average Bonchev–Trinajstić information content (AvgIpc) is 2.38. The van der Waals surface area contributed by atoms with E-state index in [1.165, 1.54) is 18.6 Å². The van der Waals surface area contributed by atoms with E-state index in [1.807, 2.05) is 11.8 Å². The third-order valence-electron chi connectivity index (χ3n) is 2.07. The molecule has 3 heteroatoms. The average molecular weight is 177 g/mol. The lowest BCUT2D eigenvalue weighted by molar-refractivity contribution is 0.448. The predicted molar refractivity (Wildman–Crippen MR) is 48.9 cm³/mol. The molecule has 0 amide bonds. The predicted octanol–water partition coefficient (Wildman–Crippen LogP) is 1.83. The second-order valence-corrected chi connectivity index (χ2v) is 4.95. The minimum absolute atomic E-state index is 0.249. The molecule has 66 valence electrons. The Bertz CT molecular complexity index is 113. The molecule has 1 unspecified atom stereocenters. The Morgan fingerprint density at radius 1 is 1.64 bits per heavy atom. The van der Waals surface area contributed by atoms with Crippen molar-refractivity contribution >= 4 is 11.8 Å². The van der Waals surface area contributed by atoms with E-state index in [9.17, 15) is 4.39 Å². The molecule has 1 atom stereocenters. The third-order valence-corrected chi connectivity index (χ3v) is 3.61. The van der Waals surface area contributed by atoms with Gasteiger partial charge in [-0.2, -0.15) is 11.8 Å². The third kappa shape index (κ3) is 2.99.